The van der Waals surface area contributed by atoms with E-state index in [2.05, 4.69) is 10.3 Å². The standard InChI is InChI=1S/C27H19ClF2N4OS/c28-23-13-21(30)9-8-19(23)16-36-27-33-24-10-11-31-14-25(24)34(27)15-17-4-6-18(7-5-17)26(35)32-22-3-1-2-20(29)12-22/h1-14H,15-16H2,(H,32,35). The molecule has 2 aromatic heterocycles. The predicted octanol–water partition coefficient (Wildman–Crippen LogP) is 6.96. The zero-order valence-electron chi connectivity index (χ0n) is 18.8. The zero-order chi connectivity index (χ0) is 25.1. The Morgan fingerprint density at radius 3 is 2.58 bits per heavy atom. The number of imidazole rings is 1. The summed E-state index contributed by atoms with van der Waals surface area (Å²) in [6.07, 6.45) is 3.45. The van der Waals surface area contributed by atoms with Gasteiger partial charge in [-0.05, 0) is 59.7 Å². The maximum absolute atomic E-state index is 13.4. The predicted molar refractivity (Wildman–Crippen MR) is 138 cm³/mol. The number of nitrogens with one attached hydrogen (secondary N) is 1. The minimum absolute atomic E-state index is 0.322. The molecule has 36 heavy (non-hydrogen) atoms. The Bertz CT molecular complexity index is 1560. The number of rotatable bonds is 7. The van der Waals surface area contributed by atoms with Crippen LogP contribution in [-0.4, -0.2) is 20.4 Å². The third-order valence-electron chi connectivity index (χ3n) is 5.53. The van der Waals surface area contributed by atoms with Crippen molar-refractivity contribution in [3.63, 3.8) is 0 Å². The number of anilines is 1. The molecular weight excluding hydrogens is 502 g/mol. The molecular formula is C27H19ClF2N4OS. The Balaban J connectivity index is 1.35. The van der Waals surface area contributed by atoms with Crippen LogP contribution >= 0.6 is 23.4 Å². The molecule has 1 N–H and O–H groups in total. The largest absolute Gasteiger partial charge is 0.322 e. The lowest BCUT2D eigenvalue weighted by Crippen LogP contribution is -2.12. The number of carbonyl (C=O) groups excluding carboxylic acids is 1. The van der Waals surface area contributed by atoms with E-state index in [0.29, 0.717) is 28.6 Å². The second kappa shape index (κ2) is 10.5. The van der Waals surface area contributed by atoms with Crippen molar-refractivity contribution in [2.45, 2.75) is 17.5 Å². The summed E-state index contributed by atoms with van der Waals surface area (Å²) in [5.74, 6) is -0.591. The smallest absolute Gasteiger partial charge is 0.255 e. The minimum Gasteiger partial charge on any atom is -0.322 e. The maximum atomic E-state index is 13.4. The van der Waals surface area contributed by atoms with Crippen LogP contribution in [0, 0.1) is 11.6 Å². The van der Waals surface area contributed by atoms with Crippen molar-refractivity contribution >= 4 is 46.0 Å². The van der Waals surface area contributed by atoms with Crippen LogP contribution in [0.5, 0.6) is 0 Å². The highest BCUT2D eigenvalue weighted by Crippen LogP contribution is 2.30. The number of carbonyl (C=O) groups is 1. The lowest BCUT2D eigenvalue weighted by molar-refractivity contribution is 0.102. The van der Waals surface area contributed by atoms with Gasteiger partial charge in [-0.15, -0.1) is 0 Å². The van der Waals surface area contributed by atoms with Gasteiger partial charge in [0.2, 0.25) is 0 Å². The van der Waals surface area contributed by atoms with Gasteiger partial charge in [0, 0.05) is 28.2 Å². The van der Waals surface area contributed by atoms with E-state index in [-0.39, 0.29) is 11.7 Å². The molecule has 0 atom stereocenters. The minimum atomic E-state index is -0.416. The summed E-state index contributed by atoms with van der Waals surface area (Å²) < 4.78 is 28.9. The van der Waals surface area contributed by atoms with E-state index in [0.717, 1.165) is 27.3 Å². The van der Waals surface area contributed by atoms with Crippen molar-refractivity contribution in [2.24, 2.45) is 0 Å². The van der Waals surface area contributed by atoms with E-state index in [9.17, 15) is 13.6 Å². The Labute approximate surface area is 215 Å². The molecule has 5 rings (SSSR count). The average Bonchev–Trinajstić information content (AvgIpc) is 3.21. The molecule has 0 saturated heterocycles. The van der Waals surface area contributed by atoms with Crippen LogP contribution in [0.15, 0.2) is 90.3 Å². The Kier molecular flexibility index (Phi) is 6.97. The molecule has 5 aromatic rings. The third kappa shape index (κ3) is 5.40. The fraction of sp³-hybridized carbons (Fsp3) is 0.0741. The number of hydrogen-bond donors (Lipinski definition) is 1. The molecule has 0 unspecified atom stereocenters. The van der Waals surface area contributed by atoms with Gasteiger partial charge >= 0.3 is 0 Å². The monoisotopic (exact) mass is 520 g/mol. The highest BCUT2D eigenvalue weighted by molar-refractivity contribution is 7.98. The van der Waals surface area contributed by atoms with Crippen LogP contribution in [-0.2, 0) is 12.3 Å². The van der Waals surface area contributed by atoms with Gasteiger partial charge in [-0.25, -0.2) is 13.8 Å². The topological polar surface area (TPSA) is 59.8 Å². The number of thioether (sulfide) groups is 1. The van der Waals surface area contributed by atoms with Crippen molar-refractivity contribution in [3.8, 4) is 0 Å². The fourth-order valence-corrected chi connectivity index (χ4v) is 5.04. The summed E-state index contributed by atoms with van der Waals surface area (Å²) in [4.78, 5) is 21.5. The highest BCUT2D eigenvalue weighted by Gasteiger charge is 2.14. The van der Waals surface area contributed by atoms with E-state index in [4.69, 9.17) is 16.6 Å². The zero-order valence-corrected chi connectivity index (χ0v) is 20.4. The van der Waals surface area contributed by atoms with E-state index in [1.165, 1.54) is 42.1 Å². The van der Waals surface area contributed by atoms with Crippen LogP contribution in [0.2, 0.25) is 5.02 Å². The molecule has 0 aliphatic rings. The molecule has 0 fully saturated rings. The first-order chi connectivity index (χ1) is 17.5. The number of amides is 1. The van der Waals surface area contributed by atoms with Crippen molar-refractivity contribution in [2.75, 3.05) is 5.32 Å². The molecule has 2 heterocycles. The summed E-state index contributed by atoms with van der Waals surface area (Å²) in [6, 6.07) is 19.2. The third-order valence-corrected chi connectivity index (χ3v) is 6.90. The van der Waals surface area contributed by atoms with Gasteiger partial charge in [-0.1, -0.05) is 47.6 Å². The van der Waals surface area contributed by atoms with Crippen molar-refractivity contribution in [1.82, 2.24) is 14.5 Å². The molecule has 1 amide bonds. The van der Waals surface area contributed by atoms with Gasteiger partial charge in [0.15, 0.2) is 5.16 Å². The number of aromatic nitrogens is 3. The molecule has 0 aliphatic carbocycles. The molecule has 0 saturated carbocycles. The SMILES string of the molecule is O=C(Nc1cccc(F)c1)c1ccc(Cn2c(SCc3ccc(F)cc3Cl)nc3ccncc32)cc1. The van der Waals surface area contributed by atoms with Gasteiger partial charge < -0.3 is 9.88 Å². The van der Waals surface area contributed by atoms with E-state index >= 15 is 0 Å². The molecule has 9 heteroatoms. The number of nitrogens with zero attached hydrogens (tertiary/aromatic N) is 3. The van der Waals surface area contributed by atoms with E-state index < -0.39 is 5.82 Å². The van der Waals surface area contributed by atoms with Crippen molar-refractivity contribution in [3.05, 3.63) is 119 Å². The second-order valence-corrected chi connectivity index (χ2v) is 9.38. The number of hydrogen-bond acceptors (Lipinski definition) is 4. The Hall–Kier alpha value is -3.75. The lowest BCUT2D eigenvalue weighted by Gasteiger charge is -2.11. The van der Waals surface area contributed by atoms with Crippen LogP contribution in [0.3, 0.4) is 0 Å². The quantitative estimate of drug-likeness (QED) is 0.236. The number of benzene rings is 3. The van der Waals surface area contributed by atoms with Crippen molar-refractivity contribution < 1.29 is 13.6 Å². The second-order valence-electron chi connectivity index (χ2n) is 8.03. The molecule has 180 valence electrons. The molecule has 5 nitrogen and oxygen atoms in total. The molecule has 3 aromatic carbocycles. The molecule has 0 aliphatic heterocycles. The summed E-state index contributed by atoms with van der Waals surface area (Å²) in [6.45, 7) is 0.507. The van der Waals surface area contributed by atoms with Gasteiger partial charge in [0.25, 0.3) is 5.91 Å². The van der Waals surface area contributed by atoms with Crippen LogP contribution in [0.4, 0.5) is 14.5 Å². The fourth-order valence-electron chi connectivity index (χ4n) is 3.71. The number of halogens is 3. The average molecular weight is 521 g/mol. The highest BCUT2D eigenvalue weighted by atomic mass is 35.5. The van der Waals surface area contributed by atoms with Crippen LogP contribution < -0.4 is 5.32 Å². The van der Waals surface area contributed by atoms with Gasteiger partial charge in [0.05, 0.1) is 23.8 Å². The summed E-state index contributed by atoms with van der Waals surface area (Å²) in [5.41, 5.74) is 4.31. The van der Waals surface area contributed by atoms with Crippen LogP contribution in [0.25, 0.3) is 11.0 Å². The number of pyridine rings is 1. The van der Waals surface area contributed by atoms with Gasteiger partial charge in [-0.2, -0.15) is 0 Å². The summed E-state index contributed by atoms with van der Waals surface area (Å²) >= 11 is 7.70. The molecule has 0 spiro atoms. The molecule has 0 radical (unpaired) electrons. The maximum Gasteiger partial charge on any atom is 0.255 e. The van der Waals surface area contributed by atoms with E-state index in [1.54, 1.807) is 36.7 Å². The first-order valence-electron chi connectivity index (χ1n) is 11.0. The Morgan fingerprint density at radius 1 is 1.00 bits per heavy atom. The Morgan fingerprint density at radius 2 is 1.81 bits per heavy atom. The summed E-state index contributed by atoms with van der Waals surface area (Å²) in [7, 11) is 0. The van der Waals surface area contributed by atoms with Gasteiger partial charge in [0.1, 0.15) is 11.6 Å². The molecule has 0 bridgehead atoms. The summed E-state index contributed by atoms with van der Waals surface area (Å²) in [5, 5.41) is 3.84. The van der Waals surface area contributed by atoms with Crippen molar-refractivity contribution in [1.29, 1.82) is 0 Å². The first kappa shape index (κ1) is 24.0. The lowest BCUT2D eigenvalue weighted by atomic mass is 10.1. The first-order valence-corrected chi connectivity index (χ1v) is 12.4. The van der Waals surface area contributed by atoms with E-state index in [1.807, 2.05) is 22.8 Å². The van der Waals surface area contributed by atoms with Crippen LogP contribution in [0.1, 0.15) is 21.5 Å². The number of fused-ring (bicyclic) bond motifs is 1. The normalized spacial score (nSPS) is 11.1. The van der Waals surface area contributed by atoms with Gasteiger partial charge in [-0.3, -0.25) is 9.78 Å².